The van der Waals surface area contributed by atoms with Crippen LogP contribution in [0, 0.1) is 0 Å². The van der Waals surface area contributed by atoms with Crippen LogP contribution in [0.2, 0.25) is 0 Å². The highest BCUT2D eigenvalue weighted by atomic mass is 16.2. The van der Waals surface area contributed by atoms with E-state index in [1.807, 2.05) is 17.0 Å². The summed E-state index contributed by atoms with van der Waals surface area (Å²) in [6.07, 6.45) is 9.62. The van der Waals surface area contributed by atoms with Gasteiger partial charge in [0.25, 0.3) is 5.91 Å². The van der Waals surface area contributed by atoms with Crippen LogP contribution >= 0.6 is 0 Å². The number of carbonyl (C=O) groups is 1. The number of anilines is 1. The first kappa shape index (κ1) is 15.1. The molecule has 0 bridgehead atoms. The molecule has 2 fully saturated rings. The summed E-state index contributed by atoms with van der Waals surface area (Å²) in [5.41, 5.74) is 2.86. The molecule has 3 heterocycles. The molecular formula is C19H22N4O. The number of amides is 1. The maximum Gasteiger partial charge on any atom is 0.254 e. The van der Waals surface area contributed by atoms with E-state index in [1.54, 1.807) is 18.6 Å². The van der Waals surface area contributed by atoms with Crippen molar-refractivity contribution in [3.8, 4) is 0 Å². The van der Waals surface area contributed by atoms with E-state index in [-0.39, 0.29) is 11.9 Å². The second-order valence-corrected chi connectivity index (χ2v) is 6.53. The average Bonchev–Trinajstić information content (AvgIpc) is 3.34. The molecule has 1 aromatic heterocycles. The number of hydrogen-bond donors (Lipinski definition) is 0. The van der Waals surface area contributed by atoms with Crippen molar-refractivity contribution in [2.75, 3.05) is 24.5 Å². The highest BCUT2D eigenvalue weighted by molar-refractivity contribution is 5.95. The van der Waals surface area contributed by atoms with Crippen molar-refractivity contribution in [2.24, 2.45) is 0 Å². The van der Waals surface area contributed by atoms with E-state index in [1.165, 1.54) is 18.5 Å². The van der Waals surface area contributed by atoms with Crippen LogP contribution in [0.4, 0.5) is 5.69 Å². The molecule has 2 aliphatic heterocycles. The molecule has 2 aliphatic rings. The summed E-state index contributed by atoms with van der Waals surface area (Å²) in [5, 5.41) is 0. The van der Waals surface area contributed by atoms with Gasteiger partial charge >= 0.3 is 0 Å². The molecule has 0 aliphatic carbocycles. The quantitative estimate of drug-likeness (QED) is 0.871. The van der Waals surface area contributed by atoms with Crippen LogP contribution in [0.15, 0.2) is 42.9 Å². The Hall–Kier alpha value is -2.43. The molecule has 1 amide bonds. The van der Waals surface area contributed by atoms with Crippen LogP contribution in [0.3, 0.4) is 0 Å². The Balaban J connectivity index is 1.52. The highest BCUT2D eigenvalue weighted by Crippen LogP contribution is 2.32. The fraction of sp³-hybridized carbons (Fsp3) is 0.421. The maximum atomic E-state index is 12.9. The average molecular weight is 322 g/mol. The van der Waals surface area contributed by atoms with Gasteiger partial charge in [0.15, 0.2) is 0 Å². The van der Waals surface area contributed by atoms with E-state index in [2.05, 4.69) is 27.0 Å². The largest absolute Gasteiger partial charge is 0.372 e. The molecule has 0 spiro atoms. The number of carbonyl (C=O) groups excluding carboxylic acids is 1. The van der Waals surface area contributed by atoms with E-state index in [0.29, 0.717) is 0 Å². The Morgan fingerprint density at radius 2 is 1.79 bits per heavy atom. The molecule has 2 saturated heterocycles. The molecule has 5 nitrogen and oxygen atoms in total. The summed E-state index contributed by atoms with van der Waals surface area (Å²) in [6.45, 7) is 3.02. The van der Waals surface area contributed by atoms with Gasteiger partial charge in [-0.1, -0.05) is 0 Å². The van der Waals surface area contributed by atoms with Crippen molar-refractivity contribution in [3.05, 3.63) is 54.1 Å². The predicted octanol–water partition coefficient (Wildman–Crippen LogP) is 3.05. The Labute approximate surface area is 142 Å². The van der Waals surface area contributed by atoms with Gasteiger partial charge in [-0.3, -0.25) is 14.8 Å². The molecular weight excluding hydrogens is 300 g/mol. The topological polar surface area (TPSA) is 49.3 Å². The minimum Gasteiger partial charge on any atom is -0.372 e. The summed E-state index contributed by atoms with van der Waals surface area (Å²) in [4.78, 5) is 25.8. The second kappa shape index (κ2) is 6.59. The molecule has 0 radical (unpaired) electrons. The van der Waals surface area contributed by atoms with Crippen LogP contribution in [0.1, 0.15) is 47.8 Å². The van der Waals surface area contributed by atoms with Gasteiger partial charge in [0.1, 0.15) is 0 Å². The lowest BCUT2D eigenvalue weighted by molar-refractivity contribution is 0.0732. The van der Waals surface area contributed by atoms with E-state index < -0.39 is 0 Å². The van der Waals surface area contributed by atoms with Gasteiger partial charge < -0.3 is 9.80 Å². The molecule has 2 aromatic rings. The fourth-order valence-electron chi connectivity index (χ4n) is 3.76. The van der Waals surface area contributed by atoms with Gasteiger partial charge in [-0.25, -0.2) is 0 Å². The standard InChI is InChI=1S/C19H22N4O/c24-19(15-5-7-16(8-6-15)22-11-1-2-12-22)23-13-3-4-18(23)17-14-20-9-10-21-17/h5-10,14,18H,1-4,11-13H2/t18-/m1/s1. The third kappa shape index (κ3) is 2.86. The van der Waals surface area contributed by atoms with Crippen molar-refractivity contribution in [1.29, 1.82) is 0 Å². The van der Waals surface area contributed by atoms with Crippen molar-refractivity contribution < 1.29 is 4.79 Å². The van der Waals surface area contributed by atoms with Crippen LogP contribution < -0.4 is 4.90 Å². The van der Waals surface area contributed by atoms with Crippen LogP contribution in [-0.4, -0.2) is 40.4 Å². The molecule has 0 N–H and O–H groups in total. The molecule has 1 aromatic carbocycles. The minimum atomic E-state index is 0.0458. The van der Waals surface area contributed by atoms with E-state index in [9.17, 15) is 4.79 Å². The number of rotatable bonds is 3. The molecule has 0 saturated carbocycles. The number of aromatic nitrogens is 2. The summed E-state index contributed by atoms with van der Waals surface area (Å²) < 4.78 is 0. The predicted molar refractivity (Wildman–Crippen MR) is 92.9 cm³/mol. The second-order valence-electron chi connectivity index (χ2n) is 6.53. The number of likely N-dealkylation sites (tertiary alicyclic amines) is 1. The summed E-state index contributed by atoms with van der Waals surface area (Å²) in [6, 6.07) is 8.12. The lowest BCUT2D eigenvalue weighted by Crippen LogP contribution is -2.31. The first-order chi connectivity index (χ1) is 11.8. The lowest BCUT2D eigenvalue weighted by Gasteiger charge is -2.24. The zero-order valence-corrected chi connectivity index (χ0v) is 13.8. The number of benzene rings is 1. The maximum absolute atomic E-state index is 12.9. The third-order valence-electron chi connectivity index (χ3n) is 5.02. The Morgan fingerprint density at radius 1 is 1.00 bits per heavy atom. The third-order valence-corrected chi connectivity index (χ3v) is 5.02. The summed E-state index contributed by atoms with van der Waals surface area (Å²) in [7, 11) is 0. The molecule has 24 heavy (non-hydrogen) atoms. The summed E-state index contributed by atoms with van der Waals surface area (Å²) in [5.74, 6) is 0.0936. The first-order valence-electron chi connectivity index (χ1n) is 8.75. The fourth-order valence-corrected chi connectivity index (χ4v) is 3.76. The SMILES string of the molecule is O=C(c1ccc(N2CCCC2)cc1)N1CCC[C@@H]1c1cnccn1. The van der Waals surface area contributed by atoms with E-state index >= 15 is 0 Å². The zero-order valence-electron chi connectivity index (χ0n) is 13.8. The van der Waals surface area contributed by atoms with Crippen LogP contribution in [0.5, 0.6) is 0 Å². The lowest BCUT2D eigenvalue weighted by atomic mass is 10.1. The minimum absolute atomic E-state index is 0.0458. The Kier molecular flexibility index (Phi) is 4.15. The molecule has 0 unspecified atom stereocenters. The van der Waals surface area contributed by atoms with E-state index in [0.717, 1.165) is 43.7 Å². The van der Waals surface area contributed by atoms with Gasteiger partial charge in [0, 0.05) is 43.3 Å². The van der Waals surface area contributed by atoms with E-state index in [4.69, 9.17) is 0 Å². The van der Waals surface area contributed by atoms with Gasteiger partial charge in [-0.2, -0.15) is 0 Å². The van der Waals surface area contributed by atoms with Gasteiger partial charge in [0.2, 0.25) is 0 Å². The zero-order chi connectivity index (χ0) is 16.4. The van der Waals surface area contributed by atoms with Crippen LogP contribution in [-0.2, 0) is 0 Å². The van der Waals surface area contributed by atoms with Gasteiger partial charge in [-0.15, -0.1) is 0 Å². The molecule has 4 rings (SSSR count). The molecule has 5 heteroatoms. The number of nitrogens with zero attached hydrogens (tertiary/aromatic N) is 4. The van der Waals surface area contributed by atoms with Crippen molar-refractivity contribution in [2.45, 2.75) is 31.7 Å². The first-order valence-corrected chi connectivity index (χ1v) is 8.75. The normalized spacial score (nSPS) is 20.6. The van der Waals surface area contributed by atoms with Crippen molar-refractivity contribution in [1.82, 2.24) is 14.9 Å². The number of hydrogen-bond acceptors (Lipinski definition) is 4. The van der Waals surface area contributed by atoms with Crippen LogP contribution in [0.25, 0.3) is 0 Å². The van der Waals surface area contributed by atoms with Crippen molar-refractivity contribution >= 4 is 11.6 Å². The highest BCUT2D eigenvalue weighted by Gasteiger charge is 2.31. The molecule has 1 atom stereocenters. The van der Waals surface area contributed by atoms with Gasteiger partial charge in [0.05, 0.1) is 17.9 Å². The van der Waals surface area contributed by atoms with Crippen molar-refractivity contribution in [3.63, 3.8) is 0 Å². The molecule has 124 valence electrons. The monoisotopic (exact) mass is 322 g/mol. The Morgan fingerprint density at radius 3 is 2.50 bits per heavy atom. The van der Waals surface area contributed by atoms with Gasteiger partial charge in [-0.05, 0) is 49.9 Å². The smallest absolute Gasteiger partial charge is 0.254 e. The Bertz CT molecular complexity index is 695. The summed E-state index contributed by atoms with van der Waals surface area (Å²) >= 11 is 0.